The number of ether oxygens (including phenoxy) is 1. The number of nitrogens with one attached hydrogen (secondary N) is 1. The molecule has 1 N–H and O–H groups in total. The number of hydrogen-bond acceptors (Lipinski definition) is 6. The van der Waals surface area contributed by atoms with Crippen LogP contribution in [-0.2, 0) is 19.6 Å². The minimum atomic E-state index is -0.0262. The summed E-state index contributed by atoms with van der Waals surface area (Å²) in [6, 6.07) is 16.6. The maximum Gasteiger partial charge on any atom is 0.252 e. The van der Waals surface area contributed by atoms with Crippen LogP contribution in [0.25, 0.3) is 10.9 Å². The number of tetrazole rings is 1. The van der Waals surface area contributed by atoms with Gasteiger partial charge in [-0.25, -0.2) is 4.68 Å². The van der Waals surface area contributed by atoms with Crippen molar-refractivity contribution in [3.63, 3.8) is 0 Å². The fourth-order valence-corrected chi connectivity index (χ4v) is 5.00. The molecule has 0 amide bonds. The minimum Gasteiger partial charge on any atom is -0.497 e. The Morgan fingerprint density at radius 2 is 1.86 bits per heavy atom. The quantitative estimate of drug-likeness (QED) is 0.413. The van der Waals surface area contributed by atoms with Crippen molar-refractivity contribution in [3.8, 4) is 5.75 Å². The number of pyridine rings is 1. The zero-order valence-corrected chi connectivity index (χ0v) is 20.4. The molecule has 1 fully saturated rings. The second-order valence-corrected chi connectivity index (χ2v) is 9.51. The van der Waals surface area contributed by atoms with Crippen molar-refractivity contribution in [2.45, 2.75) is 64.7 Å². The number of aromatic amines is 1. The Balaban J connectivity index is 1.40. The molecule has 0 radical (unpaired) electrons. The maximum absolute atomic E-state index is 13.0. The minimum absolute atomic E-state index is 0.0262. The summed E-state index contributed by atoms with van der Waals surface area (Å²) in [5.74, 6) is 1.63. The van der Waals surface area contributed by atoms with E-state index in [9.17, 15) is 4.79 Å². The largest absolute Gasteiger partial charge is 0.497 e. The van der Waals surface area contributed by atoms with Gasteiger partial charge in [-0.3, -0.25) is 9.69 Å². The van der Waals surface area contributed by atoms with Crippen LogP contribution in [0.1, 0.15) is 54.6 Å². The molecule has 0 aliphatic heterocycles. The van der Waals surface area contributed by atoms with E-state index in [-0.39, 0.29) is 5.56 Å². The summed E-state index contributed by atoms with van der Waals surface area (Å²) in [5, 5.41) is 13.6. The van der Waals surface area contributed by atoms with E-state index in [0.29, 0.717) is 25.7 Å². The van der Waals surface area contributed by atoms with E-state index in [2.05, 4.69) is 37.5 Å². The highest BCUT2D eigenvalue weighted by Crippen LogP contribution is 2.25. The average Bonchev–Trinajstić information content (AvgIpc) is 3.31. The molecule has 1 aliphatic carbocycles. The monoisotopic (exact) mass is 472 g/mol. The van der Waals surface area contributed by atoms with E-state index in [1.54, 1.807) is 7.11 Å². The van der Waals surface area contributed by atoms with Crippen LogP contribution < -0.4 is 10.3 Å². The van der Waals surface area contributed by atoms with E-state index in [1.165, 1.54) is 19.3 Å². The highest BCUT2D eigenvalue weighted by molar-refractivity contribution is 5.79. The number of aromatic nitrogens is 5. The van der Waals surface area contributed by atoms with Crippen LogP contribution in [0.2, 0.25) is 0 Å². The topological polar surface area (TPSA) is 88.9 Å². The maximum atomic E-state index is 13.0. The van der Waals surface area contributed by atoms with Crippen molar-refractivity contribution in [2.24, 2.45) is 0 Å². The molecule has 0 saturated heterocycles. The fourth-order valence-electron chi connectivity index (χ4n) is 5.00. The van der Waals surface area contributed by atoms with Gasteiger partial charge in [0.05, 0.1) is 20.2 Å². The van der Waals surface area contributed by atoms with Crippen LogP contribution in [0.5, 0.6) is 5.75 Å². The predicted molar refractivity (Wildman–Crippen MR) is 135 cm³/mol. The molecule has 1 saturated carbocycles. The highest BCUT2D eigenvalue weighted by atomic mass is 16.5. The molecule has 0 unspecified atom stereocenters. The van der Waals surface area contributed by atoms with E-state index in [1.807, 2.05) is 48.0 Å². The molecule has 2 aromatic heterocycles. The number of methoxy groups -OCH3 is 1. The lowest BCUT2D eigenvalue weighted by Crippen LogP contribution is -2.38. The number of benzene rings is 2. The zero-order valence-electron chi connectivity index (χ0n) is 20.4. The number of nitrogens with zero attached hydrogens (tertiary/aromatic N) is 5. The fraction of sp³-hybridized carbons (Fsp3) is 0.407. The molecule has 1 aliphatic rings. The van der Waals surface area contributed by atoms with Crippen LogP contribution in [0.15, 0.2) is 53.3 Å². The third-order valence-electron chi connectivity index (χ3n) is 6.98. The molecule has 4 aromatic rings. The van der Waals surface area contributed by atoms with Gasteiger partial charge >= 0.3 is 0 Å². The van der Waals surface area contributed by atoms with Gasteiger partial charge in [-0.2, -0.15) is 0 Å². The van der Waals surface area contributed by atoms with Crippen molar-refractivity contribution in [2.75, 3.05) is 7.11 Å². The lowest BCUT2D eigenvalue weighted by Gasteiger charge is -2.33. The third-order valence-corrected chi connectivity index (χ3v) is 6.98. The van der Waals surface area contributed by atoms with Gasteiger partial charge in [0.25, 0.3) is 5.56 Å². The molecular weight excluding hydrogens is 440 g/mol. The van der Waals surface area contributed by atoms with Gasteiger partial charge in [0.2, 0.25) is 0 Å². The molecule has 2 heterocycles. The van der Waals surface area contributed by atoms with Crippen LogP contribution >= 0.6 is 0 Å². The Hall–Kier alpha value is -3.52. The summed E-state index contributed by atoms with van der Waals surface area (Å²) in [7, 11) is 1.66. The van der Waals surface area contributed by atoms with Crippen molar-refractivity contribution in [1.29, 1.82) is 0 Å². The summed E-state index contributed by atoms with van der Waals surface area (Å²) in [6.45, 7) is 3.78. The SMILES string of the molecule is COc1ccc(Cn2nnnc2CN(Cc2cc3ccc(C)cc3[nH]c2=O)C2CCCCC2)cc1. The van der Waals surface area contributed by atoms with Gasteiger partial charge in [-0.15, -0.1) is 5.10 Å². The Labute approximate surface area is 204 Å². The van der Waals surface area contributed by atoms with Gasteiger partial charge in [0.15, 0.2) is 5.82 Å². The smallest absolute Gasteiger partial charge is 0.252 e. The van der Waals surface area contributed by atoms with Crippen LogP contribution in [0, 0.1) is 6.92 Å². The molecule has 8 heteroatoms. The van der Waals surface area contributed by atoms with Crippen LogP contribution in [0.3, 0.4) is 0 Å². The van der Waals surface area contributed by atoms with E-state index in [4.69, 9.17) is 4.74 Å². The normalized spacial score (nSPS) is 14.6. The van der Waals surface area contributed by atoms with Crippen LogP contribution in [0.4, 0.5) is 0 Å². The second-order valence-electron chi connectivity index (χ2n) is 9.51. The van der Waals surface area contributed by atoms with Gasteiger partial charge in [-0.1, -0.05) is 43.5 Å². The molecule has 182 valence electrons. The van der Waals surface area contributed by atoms with E-state index in [0.717, 1.165) is 52.0 Å². The number of hydrogen-bond donors (Lipinski definition) is 1. The standard InChI is InChI=1S/C27H32N6O2/c1-19-8-11-21-15-22(27(34)28-25(21)14-19)17-32(23-6-4-3-5-7-23)18-26-29-30-31-33(26)16-20-9-12-24(35-2)13-10-20/h8-15,23H,3-7,16-18H2,1-2H3,(H,28,34). The first-order valence-electron chi connectivity index (χ1n) is 12.3. The Bertz CT molecular complexity index is 1340. The lowest BCUT2D eigenvalue weighted by molar-refractivity contribution is 0.134. The molecule has 35 heavy (non-hydrogen) atoms. The Morgan fingerprint density at radius 3 is 2.63 bits per heavy atom. The summed E-state index contributed by atoms with van der Waals surface area (Å²) in [4.78, 5) is 18.5. The van der Waals surface area contributed by atoms with Gasteiger partial charge < -0.3 is 9.72 Å². The van der Waals surface area contributed by atoms with Crippen molar-refractivity contribution in [3.05, 3.63) is 81.4 Å². The van der Waals surface area contributed by atoms with E-state index >= 15 is 0 Å². The predicted octanol–water partition coefficient (Wildman–Crippen LogP) is 4.21. The van der Waals surface area contributed by atoms with Gasteiger partial charge in [-0.05, 0) is 71.0 Å². The second kappa shape index (κ2) is 10.4. The zero-order chi connectivity index (χ0) is 24.2. The van der Waals surface area contributed by atoms with Crippen molar-refractivity contribution >= 4 is 10.9 Å². The van der Waals surface area contributed by atoms with Crippen molar-refractivity contribution in [1.82, 2.24) is 30.1 Å². The number of fused-ring (bicyclic) bond motifs is 1. The van der Waals surface area contributed by atoms with Crippen LogP contribution in [-0.4, -0.2) is 43.2 Å². The first-order chi connectivity index (χ1) is 17.1. The van der Waals surface area contributed by atoms with Gasteiger partial charge in [0.1, 0.15) is 5.75 Å². The molecule has 0 bridgehead atoms. The first-order valence-corrected chi connectivity index (χ1v) is 12.3. The summed E-state index contributed by atoms with van der Waals surface area (Å²) in [5.41, 5.74) is 3.87. The van der Waals surface area contributed by atoms with Crippen molar-refractivity contribution < 1.29 is 4.74 Å². The first kappa shape index (κ1) is 23.2. The number of aryl methyl sites for hydroxylation is 1. The number of rotatable bonds is 8. The highest BCUT2D eigenvalue weighted by Gasteiger charge is 2.24. The Morgan fingerprint density at radius 1 is 1.06 bits per heavy atom. The molecule has 2 aromatic carbocycles. The average molecular weight is 473 g/mol. The Kier molecular flexibility index (Phi) is 6.90. The number of H-pyrrole nitrogens is 1. The molecule has 8 nitrogen and oxygen atoms in total. The third kappa shape index (κ3) is 5.43. The summed E-state index contributed by atoms with van der Waals surface area (Å²) in [6.07, 6.45) is 5.96. The summed E-state index contributed by atoms with van der Waals surface area (Å²) < 4.78 is 7.12. The molecule has 5 rings (SSSR count). The molecule has 0 atom stereocenters. The van der Waals surface area contributed by atoms with E-state index < -0.39 is 0 Å². The molecular formula is C27H32N6O2. The summed E-state index contributed by atoms with van der Waals surface area (Å²) >= 11 is 0. The van der Waals surface area contributed by atoms with Gasteiger partial charge in [0, 0.05) is 23.7 Å². The molecule has 0 spiro atoms. The lowest BCUT2D eigenvalue weighted by atomic mass is 9.93.